The van der Waals surface area contributed by atoms with E-state index in [2.05, 4.69) is 36.6 Å². The highest BCUT2D eigenvalue weighted by Gasteiger charge is 2.15. The van der Waals surface area contributed by atoms with E-state index < -0.39 is 6.04 Å². The van der Waals surface area contributed by atoms with Gasteiger partial charge >= 0.3 is 0 Å². The normalized spacial score (nSPS) is 11.6. The third-order valence-electron chi connectivity index (χ3n) is 3.71. The topological polar surface area (TPSA) is 88.9 Å². The van der Waals surface area contributed by atoms with Gasteiger partial charge in [0.2, 0.25) is 5.91 Å². The van der Waals surface area contributed by atoms with Crippen LogP contribution in [-0.2, 0) is 4.79 Å². The molecule has 1 aromatic heterocycles. The molecule has 1 atom stereocenters. The summed E-state index contributed by atoms with van der Waals surface area (Å²) in [5.74, 6) is -0.413. The maximum absolute atomic E-state index is 12.2. The Hall–Kier alpha value is -3.00. The van der Waals surface area contributed by atoms with Gasteiger partial charge in [0.25, 0.3) is 5.91 Å². The molecule has 2 N–H and O–H groups in total. The van der Waals surface area contributed by atoms with E-state index in [1.807, 2.05) is 6.07 Å². The van der Waals surface area contributed by atoms with Gasteiger partial charge in [0.1, 0.15) is 18.7 Å². The van der Waals surface area contributed by atoms with Crippen molar-refractivity contribution in [1.82, 2.24) is 14.8 Å². The number of hydrogen-bond donors (Lipinski definition) is 2. The lowest BCUT2D eigenvalue weighted by molar-refractivity contribution is -0.119. The van der Waals surface area contributed by atoms with Crippen LogP contribution in [0.15, 0.2) is 65.7 Å². The van der Waals surface area contributed by atoms with Crippen LogP contribution < -0.4 is 10.6 Å². The van der Waals surface area contributed by atoms with Crippen LogP contribution in [0.3, 0.4) is 0 Å². The predicted molar refractivity (Wildman–Crippen MR) is 102 cm³/mol. The van der Waals surface area contributed by atoms with Crippen molar-refractivity contribution in [3.8, 4) is 0 Å². The van der Waals surface area contributed by atoms with Gasteiger partial charge in [-0.15, -0.1) is 0 Å². The maximum Gasteiger partial charge on any atom is 0.255 e. The summed E-state index contributed by atoms with van der Waals surface area (Å²) < 4.78 is 2.31. The summed E-state index contributed by atoms with van der Waals surface area (Å²) in [6, 6.07) is 13.6. The van der Waals surface area contributed by atoms with E-state index >= 15 is 0 Å². The Labute approximate surface area is 158 Å². The number of aromatic nitrogens is 3. The first-order valence-corrected chi connectivity index (χ1v) is 8.64. The van der Waals surface area contributed by atoms with E-state index in [4.69, 9.17) is 0 Å². The van der Waals surface area contributed by atoms with Crippen molar-refractivity contribution in [2.75, 3.05) is 10.6 Å². The minimum Gasteiger partial charge on any atom is -0.324 e. The Kier molecular flexibility index (Phi) is 5.43. The number of nitrogens with zero attached hydrogens (tertiary/aromatic N) is 3. The molecule has 1 unspecified atom stereocenters. The van der Waals surface area contributed by atoms with E-state index in [-0.39, 0.29) is 11.8 Å². The minimum absolute atomic E-state index is 0.206. The summed E-state index contributed by atoms with van der Waals surface area (Å²) in [5, 5.41) is 9.57. The molecule has 2 aromatic carbocycles. The van der Waals surface area contributed by atoms with Crippen LogP contribution in [0.1, 0.15) is 23.3 Å². The fourth-order valence-corrected chi connectivity index (χ4v) is 2.65. The first-order valence-electron chi connectivity index (χ1n) is 7.85. The van der Waals surface area contributed by atoms with Crippen LogP contribution in [0.4, 0.5) is 11.4 Å². The minimum atomic E-state index is -0.478. The molecule has 0 aliphatic heterocycles. The highest BCUT2D eigenvalue weighted by Crippen LogP contribution is 2.17. The monoisotopic (exact) mass is 413 g/mol. The number of halogens is 1. The average Bonchev–Trinajstić information content (AvgIpc) is 3.17. The summed E-state index contributed by atoms with van der Waals surface area (Å²) in [6.07, 6.45) is 2.87. The molecule has 0 fully saturated rings. The van der Waals surface area contributed by atoms with E-state index in [0.717, 1.165) is 4.47 Å². The van der Waals surface area contributed by atoms with Crippen molar-refractivity contribution >= 4 is 39.1 Å². The van der Waals surface area contributed by atoms with Gasteiger partial charge < -0.3 is 10.6 Å². The highest BCUT2D eigenvalue weighted by molar-refractivity contribution is 9.10. The van der Waals surface area contributed by atoms with Gasteiger partial charge in [-0.3, -0.25) is 9.59 Å². The van der Waals surface area contributed by atoms with Crippen molar-refractivity contribution in [2.45, 2.75) is 13.0 Å². The van der Waals surface area contributed by atoms with E-state index in [0.29, 0.717) is 16.9 Å². The molecule has 0 radical (unpaired) electrons. The Balaban J connectivity index is 1.61. The molecule has 2 amide bonds. The molecule has 3 rings (SSSR count). The molecular weight excluding hydrogens is 398 g/mol. The molecule has 0 aliphatic carbocycles. The lowest BCUT2D eigenvalue weighted by Gasteiger charge is -2.12. The smallest absolute Gasteiger partial charge is 0.255 e. The first-order chi connectivity index (χ1) is 12.5. The number of carbonyl (C=O) groups excluding carboxylic acids is 2. The molecule has 8 heteroatoms. The quantitative estimate of drug-likeness (QED) is 0.669. The molecule has 0 saturated carbocycles. The van der Waals surface area contributed by atoms with Crippen molar-refractivity contribution < 1.29 is 9.59 Å². The van der Waals surface area contributed by atoms with Gasteiger partial charge in [-0.2, -0.15) is 5.10 Å². The summed E-state index contributed by atoms with van der Waals surface area (Å²) in [6.45, 7) is 1.73. The fraction of sp³-hybridized carbons (Fsp3) is 0.111. The SMILES string of the molecule is CC(C(=O)Nc1ccc(NC(=O)c2cccc(Br)c2)cc1)n1cncn1. The molecule has 3 aromatic rings. The van der Waals surface area contributed by atoms with Gasteiger partial charge in [0, 0.05) is 21.4 Å². The van der Waals surface area contributed by atoms with Crippen molar-refractivity contribution in [3.05, 3.63) is 71.2 Å². The van der Waals surface area contributed by atoms with Gasteiger partial charge in [-0.1, -0.05) is 22.0 Å². The Morgan fingerprint density at radius 1 is 1.08 bits per heavy atom. The van der Waals surface area contributed by atoms with E-state index in [9.17, 15) is 9.59 Å². The zero-order valence-corrected chi connectivity index (χ0v) is 15.5. The van der Waals surface area contributed by atoms with Crippen LogP contribution >= 0.6 is 15.9 Å². The Morgan fingerprint density at radius 3 is 2.38 bits per heavy atom. The second-order valence-corrected chi connectivity index (χ2v) is 6.50. The second kappa shape index (κ2) is 7.92. The number of rotatable bonds is 5. The second-order valence-electron chi connectivity index (χ2n) is 5.58. The molecule has 1 heterocycles. The Bertz CT molecular complexity index is 910. The molecule has 0 spiro atoms. The third kappa shape index (κ3) is 4.34. The first kappa shape index (κ1) is 17.8. The lowest BCUT2D eigenvalue weighted by atomic mass is 10.2. The van der Waals surface area contributed by atoms with Gasteiger partial charge in [-0.05, 0) is 49.4 Å². The Morgan fingerprint density at radius 2 is 1.77 bits per heavy atom. The largest absolute Gasteiger partial charge is 0.324 e. The highest BCUT2D eigenvalue weighted by atomic mass is 79.9. The predicted octanol–water partition coefficient (Wildman–Crippen LogP) is 3.49. The number of hydrogen-bond acceptors (Lipinski definition) is 4. The molecular formula is C18H16BrN5O2. The van der Waals surface area contributed by atoms with Crippen molar-refractivity contribution in [2.24, 2.45) is 0 Å². The van der Waals surface area contributed by atoms with Crippen molar-refractivity contribution in [1.29, 1.82) is 0 Å². The summed E-state index contributed by atoms with van der Waals surface area (Å²) in [4.78, 5) is 28.3. The number of anilines is 2. The average molecular weight is 414 g/mol. The molecule has 132 valence electrons. The van der Waals surface area contributed by atoms with E-state index in [1.54, 1.807) is 49.4 Å². The van der Waals surface area contributed by atoms with Crippen molar-refractivity contribution in [3.63, 3.8) is 0 Å². The van der Waals surface area contributed by atoms with Gasteiger partial charge in [0.05, 0.1) is 0 Å². The molecule has 7 nitrogen and oxygen atoms in total. The zero-order valence-electron chi connectivity index (χ0n) is 13.9. The fourth-order valence-electron chi connectivity index (χ4n) is 2.25. The molecule has 26 heavy (non-hydrogen) atoms. The summed E-state index contributed by atoms with van der Waals surface area (Å²) >= 11 is 3.34. The van der Waals surface area contributed by atoms with Crippen LogP contribution in [0.5, 0.6) is 0 Å². The van der Waals surface area contributed by atoms with Crippen LogP contribution in [0.25, 0.3) is 0 Å². The third-order valence-corrected chi connectivity index (χ3v) is 4.20. The maximum atomic E-state index is 12.2. The number of carbonyl (C=O) groups is 2. The van der Waals surface area contributed by atoms with Crippen LogP contribution in [0, 0.1) is 0 Å². The number of nitrogens with one attached hydrogen (secondary N) is 2. The van der Waals surface area contributed by atoms with E-state index in [1.165, 1.54) is 17.3 Å². The molecule has 0 bridgehead atoms. The molecule has 0 aliphatic rings. The summed E-state index contributed by atoms with van der Waals surface area (Å²) in [7, 11) is 0. The summed E-state index contributed by atoms with van der Waals surface area (Å²) in [5.41, 5.74) is 1.82. The molecule has 0 saturated heterocycles. The zero-order chi connectivity index (χ0) is 18.5. The van der Waals surface area contributed by atoms with Crippen LogP contribution in [0.2, 0.25) is 0 Å². The van der Waals surface area contributed by atoms with Gasteiger partial charge in [-0.25, -0.2) is 9.67 Å². The standard InChI is InChI=1S/C18H16BrN5O2/c1-12(24-11-20-10-21-24)17(25)22-15-5-7-16(8-6-15)23-18(26)13-3-2-4-14(19)9-13/h2-12H,1H3,(H,22,25)(H,23,26). The lowest BCUT2D eigenvalue weighted by Crippen LogP contribution is -2.24. The number of amides is 2. The van der Waals surface area contributed by atoms with Crippen LogP contribution in [-0.4, -0.2) is 26.6 Å². The van der Waals surface area contributed by atoms with Gasteiger partial charge in [0.15, 0.2) is 0 Å². The number of benzene rings is 2.